The van der Waals surface area contributed by atoms with E-state index in [1.165, 1.54) is 0 Å². The third-order valence-electron chi connectivity index (χ3n) is 1.43. The van der Waals surface area contributed by atoms with Gasteiger partial charge in [-0.3, -0.25) is 4.79 Å². The van der Waals surface area contributed by atoms with E-state index < -0.39 is 0 Å². The Kier molecular flexibility index (Phi) is 4.42. The number of carbonyl (C=O) groups excluding carboxylic acids is 1. The van der Waals surface area contributed by atoms with E-state index in [4.69, 9.17) is 11.6 Å². The first-order valence-corrected chi connectivity index (χ1v) is 6.38. The molecule has 0 aliphatic rings. The summed E-state index contributed by atoms with van der Waals surface area (Å²) in [5, 5.41) is 0.888. The van der Waals surface area contributed by atoms with E-state index in [1.54, 1.807) is 12.1 Å². The fourth-order valence-electron chi connectivity index (χ4n) is 0.794. The fraction of sp³-hybridized carbons (Fsp3) is 0.125. The summed E-state index contributed by atoms with van der Waals surface area (Å²) in [5.74, 6) is 0.0260. The summed E-state index contributed by atoms with van der Waals surface area (Å²) in [6, 6.07) is 3.41. The molecule has 1 aromatic rings. The largest absolute Gasteiger partial charge is 0.293 e. The molecular formula is C8H4Br3ClO. The molecule has 0 aliphatic heterocycles. The molecule has 0 bridgehead atoms. The molecule has 5 heteroatoms. The van der Waals surface area contributed by atoms with Crippen LogP contribution in [0.4, 0.5) is 0 Å². The van der Waals surface area contributed by atoms with Crippen LogP contribution in [0.5, 0.6) is 0 Å². The molecule has 0 aromatic heterocycles. The van der Waals surface area contributed by atoms with Crippen LogP contribution >= 0.6 is 59.4 Å². The number of Topliss-reactive ketones (excluding diaryl/α,β-unsaturated/α-hetero) is 1. The summed E-state index contributed by atoms with van der Waals surface area (Å²) >= 11 is 15.5. The van der Waals surface area contributed by atoms with E-state index in [0.29, 0.717) is 24.9 Å². The molecule has 0 spiro atoms. The Labute approximate surface area is 106 Å². The number of hydrogen-bond acceptors (Lipinski definition) is 1. The second kappa shape index (κ2) is 4.91. The summed E-state index contributed by atoms with van der Waals surface area (Å²) in [7, 11) is 0. The molecule has 0 radical (unpaired) electrons. The van der Waals surface area contributed by atoms with Gasteiger partial charge in [-0.2, -0.15) is 0 Å². The Balaban J connectivity index is 3.20. The lowest BCUT2D eigenvalue weighted by Crippen LogP contribution is -1.99. The van der Waals surface area contributed by atoms with Gasteiger partial charge in [0.25, 0.3) is 0 Å². The smallest absolute Gasteiger partial charge is 0.173 e. The molecule has 0 atom stereocenters. The second-order valence-corrected chi connectivity index (χ2v) is 4.96. The van der Waals surface area contributed by atoms with Gasteiger partial charge < -0.3 is 0 Å². The Bertz CT molecular complexity index is 328. The summed E-state index contributed by atoms with van der Waals surface area (Å²) < 4.78 is 1.43. The van der Waals surface area contributed by atoms with Crippen LogP contribution < -0.4 is 0 Å². The zero-order chi connectivity index (χ0) is 10.0. The van der Waals surface area contributed by atoms with Crippen LogP contribution in [0, 0.1) is 0 Å². The van der Waals surface area contributed by atoms with Crippen LogP contribution in [0.1, 0.15) is 10.4 Å². The minimum absolute atomic E-state index is 0.0260. The van der Waals surface area contributed by atoms with E-state index >= 15 is 0 Å². The number of hydrogen-bond donors (Lipinski definition) is 0. The topological polar surface area (TPSA) is 17.1 Å². The summed E-state index contributed by atoms with van der Waals surface area (Å²) in [6.45, 7) is 0. The van der Waals surface area contributed by atoms with Gasteiger partial charge in [-0.15, -0.1) is 0 Å². The molecule has 1 nitrogen and oxygen atoms in total. The van der Waals surface area contributed by atoms with Crippen molar-refractivity contribution in [2.45, 2.75) is 0 Å². The highest BCUT2D eigenvalue weighted by Gasteiger charge is 2.09. The first kappa shape index (κ1) is 11.7. The van der Waals surface area contributed by atoms with E-state index in [2.05, 4.69) is 47.8 Å². The molecule has 1 rings (SSSR count). The van der Waals surface area contributed by atoms with Crippen molar-refractivity contribution in [3.05, 3.63) is 31.7 Å². The van der Waals surface area contributed by atoms with Crippen LogP contribution in [0.2, 0.25) is 5.02 Å². The molecule has 0 amide bonds. The first-order chi connectivity index (χ1) is 6.06. The van der Waals surface area contributed by atoms with Gasteiger partial charge in [0, 0.05) is 14.5 Å². The van der Waals surface area contributed by atoms with Crippen molar-refractivity contribution >= 4 is 65.2 Å². The van der Waals surface area contributed by atoms with Gasteiger partial charge in [0.2, 0.25) is 0 Å². The molecule has 0 aliphatic carbocycles. The monoisotopic (exact) mass is 388 g/mol. The van der Waals surface area contributed by atoms with Crippen molar-refractivity contribution in [1.29, 1.82) is 0 Å². The lowest BCUT2D eigenvalue weighted by Gasteiger charge is -2.02. The number of carbonyl (C=O) groups is 1. The zero-order valence-electron chi connectivity index (χ0n) is 6.28. The average Bonchev–Trinajstić information content (AvgIpc) is 2.12. The quantitative estimate of drug-likeness (QED) is 0.414. The second-order valence-electron chi connectivity index (χ2n) is 2.31. The zero-order valence-corrected chi connectivity index (χ0v) is 11.8. The lowest BCUT2D eigenvalue weighted by molar-refractivity contribution is 0.102. The van der Waals surface area contributed by atoms with Crippen molar-refractivity contribution in [3.8, 4) is 0 Å². The van der Waals surface area contributed by atoms with Crippen molar-refractivity contribution < 1.29 is 4.79 Å². The van der Waals surface area contributed by atoms with Gasteiger partial charge in [0.15, 0.2) is 5.78 Å². The van der Waals surface area contributed by atoms with Crippen LogP contribution in [-0.4, -0.2) is 11.1 Å². The summed E-state index contributed by atoms with van der Waals surface area (Å²) in [6.07, 6.45) is 0. The van der Waals surface area contributed by atoms with Gasteiger partial charge in [0.05, 0.1) is 10.4 Å². The summed E-state index contributed by atoms with van der Waals surface area (Å²) in [4.78, 5) is 11.3. The SMILES string of the molecule is O=C(CBr)c1cc(Br)c(Cl)c(Br)c1. The molecule has 0 fully saturated rings. The molecule has 0 heterocycles. The normalized spacial score (nSPS) is 10.2. The molecule has 13 heavy (non-hydrogen) atoms. The number of ketones is 1. The van der Waals surface area contributed by atoms with Crippen LogP contribution in [0.15, 0.2) is 21.1 Å². The molecule has 0 saturated heterocycles. The maximum Gasteiger partial charge on any atom is 0.173 e. The molecule has 0 unspecified atom stereocenters. The van der Waals surface area contributed by atoms with Crippen LogP contribution in [-0.2, 0) is 0 Å². The predicted molar refractivity (Wildman–Crippen MR) is 65.0 cm³/mol. The lowest BCUT2D eigenvalue weighted by atomic mass is 10.1. The van der Waals surface area contributed by atoms with E-state index in [0.717, 1.165) is 0 Å². The van der Waals surface area contributed by atoms with Crippen molar-refractivity contribution in [2.75, 3.05) is 5.33 Å². The first-order valence-electron chi connectivity index (χ1n) is 3.30. The van der Waals surface area contributed by atoms with Gasteiger partial charge in [-0.05, 0) is 44.0 Å². The van der Waals surface area contributed by atoms with Crippen LogP contribution in [0.3, 0.4) is 0 Å². The highest BCUT2D eigenvalue weighted by Crippen LogP contribution is 2.31. The highest BCUT2D eigenvalue weighted by atomic mass is 79.9. The standard InChI is InChI=1S/C8H4Br3ClO/c9-3-7(13)4-1-5(10)8(12)6(11)2-4/h1-2H,3H2. The number of alkyl halides is 1. The molecule has 70 valence electrons. The average molecular weight is 391 g/mol. The van der Waals surface area contributed by atoms with Crippen molar-refractivity contribution in [1.82, 2.24) is 0 Å². The molecular weight excluding hydrogens is 387 g/mol. The number of rotatable bonds is 2. The molecule has 0 N–H and O–H groups in total. The minimum Gasteiger partial charge on any atom is -0.293 e. The highest BCUT2D eigenvalue weighted by molar-refractivity contribution is 9.11. The Morgan fingerprint density at radius 3 is 2.15 bits per heavy atom. The minimum atomic E-state index is 0.0260. The molecule has 0 saturated carbocycles. The van der Waals surface area contributed by atoms with Gasteiger partial charge in [0.1, 0.15) is 0 Å². The predicted octanol–water partition coefficient (Wildman–Crippen LogP) is 4.44. The van der Waals surface area contributed by atoms with Crippen LogP contribution in [0.25, 0.3) is 0 Å². The Morgan fingerprint density at radius 1 is 1.31 bits per heavy atom. The Hall–Kier alpha value is 0.620. The van der Waals surface area contributed by atoms with Crippen molar-refractivity contribution in [3.63, 3.8) is 0 Å². The maximum atomic E-state index is 11.3. The third-order valence-corrected chi connectivity index (χ3v) is 4.05. The van der Waals surface area contributed by atoms with E-state index in [-0.39, 0.29) is 5.78 Å². The van der Waals surface area contributed by atoms with E-state index in [9.17, 15) is 4.79 Å². The summed E-state index contributed by atoms with van der Waals surface area (Å²) in [5.41, 5.74) is 0.625. The van der Waals surface area contributed by atoms with Gasteiger partial charge in [-0.1, -0.05) is 27.5 Å². The molecule has 1 aromatic carbocycles. The number of benzene rings is 1. The van der Waals surface area contributed by atoms with Gasteiger partial charge >= 0.3 is 0 Å². The van der Waals surface area contributed by atoms with Gasteiger partial charge in [-0.25, -0.2) is 0 Å². The van der Waals surface area contributed by atoms with E-state index in [1.807, 2.05) is 0 Å². The van der Waals surface area contributed by atoms with Crippen molar-refractivity contribution in [2.24, 2.45) is 0 Å². The fourth-order valence-corrected chi connectivity index (χ4v) is 2.41. The third kappa shape index (κ3) is 2.78. The number of halogens is 4. The Morgan fingerprint density at radius 2 is 1.77 bits per heavy atom. The maximum absolute atomic E-state index is 11.3.